The van der Waals surface area contributed by atoms with Crippen LogP contribution in [0, 0.1) is 11.3 Å². The standard InChI is InChI=1S/C24H24N6O/c1-3-30-23-16-20(31-15-5-14-29-13-4-12-27-28-29)10-11-21(23)22(17-25)24(30)18-6-8-19(26-2)9-7-18/h6-13,16,26H,3,5,14-15H2,1-2H3. The molecule has 3 aromatic rings. The molecule has 1 aliphatic rings. The van der Waals surface area contributed by atoms with Crippen LogP contribution in [0.2, 0.25) is 0 Å². The van der Waals surface area contributed by atoms with Crippen molar-refractivity contribution in [1.29, 1.82) is 5.26 Å². The van der Waals surface area contributed by atoms with Gasteiger partial charge in [0.15, 0.2) is 0 Å². The predicted octanol–water partition coefficient (Wildman–Crippen LogP) is 5.32. The molecule has 2 heterocycles. The molecule has 0 aliphatic carbocycles. The summed E-state index contributed by atoms with van der Waals surface area (Å²) in [5, 5.41) is 23.5. The average Bonchev–Trinajstić information content (AvgIpc) is 3.15. The van der Waals surface area contributed by atoms with Crippen molar-refractivity contribution in [2.24, 2.45) is 10.3 Å². The minimum Gasteiger partial charge on any atom is -0.493 e. The number of rotatable bonds is 8. The zero-order valence-electron chi connectivity index (χ0n) is 17.7. The van der Waals surface area contributed by atoms with E-state index in [0.717, 1.165) is 46.6 Å². The first-order valence-corrected chi connectivity index (χ1v) is 10.3. The average molecular weight is 412 g/mol. The number of nitrogens with zero attached hydrogens (tertiary/aromatic N) is 5. The lowest BCUT2D eigenvalue weighted by Crippen LogP contribution is -2.14. The summed E-state index contributed by atoms with van der Waals surface area (Å²) in [6.45, 7) is 4.12. The lowest BCUT2D eigenvalue weighted by Gasteiger charge is -2.13. The lowest BCUT2D eigenvalue weighted by molar-refractivity contribution is 0.274. The third kappa shape index (κ3) is 4.16. The molecule has 4 rings (SSSR count). The maximum absolute atomic E-state index is 9.92. The van der Waals surface area contributed by atoms with Gasteiger partial charge in [0.2, 0.25) is 0 Å². The molecule has 0 bridgehead atoms. The molecule has 0 radical (unpaired) electrons. The molecule has 156 valence electrons. The fourth-order valence-corrected chi connectivity index (χ4v) is 3.75. The summed E-state index contributed by atoms with van der Waals surface area (Å²) in [5.41, 5.74) is 7.59. The Morgan fingerprint density at radius 2 is 2.03 bits per heavy atom. The number of hydrogen-bond acceptors (Lipinski definition) is 6. The van der Waals surface area contributed by atoms with Gasteiger partial charge in [-0.25, -0.2) is 5.01 Å². The molecule has 1 aliphatic heterocycles. The highest BCUT2D eigenvalue weighted by Gasteiger charge is 2.18. The van der Waals surface area contributed by atoms with Crippen molar-refractivity contribution in [3.8, 4) is 23.1 Å². The van der Waals surface area contributed by atoms with Gasteiger partial charge in [-0.15, -0.1) is 5.11 Å². The molecular formula is C24H24N6O. The van der Waals surface area contributed by atoms with E-state index >= 15 is 0 Å². The zero-order chi connectivity index (χ0) is 21.6. The third-order valence-electron chi connectivity index (χ3n) is 5.23. The summed E-state index contributed by atoms with van der Waals surface area (Å²) in [7, 11) is 1.89. The first-order chi connectivity index (χ1) is 15.2. The summed E-state index contributed by atoms with van der Waals surface area (Å²) in [6, 6.07) is 16.5. The minimum atomic E-state index is 0.561. The zero-order valence-corrected chi connectivity index (χ0v) is 17.7. The van der Waals surface area contributed by atoms with Crippen LogP contribution in [0.25, 0.3) is 22.2 Å². The van der Waals surface area contributed by atoms with E-state index in [0.29, 0.717) is 18.7 Å². The lowest BCUT2D eigenvalue weighted by atomic mass is 10.1. The second kappa shape index (κ2) is 9.21. The van der Waals surface area contributed by atoms with Gasteiger partial charge in [0, 0.05) is 43.7 Å². The van der Waals surface area contributed by atoms with Crippen molar-refractivity contribution in [1.82, 2.24) is 9.58 Å². The topological polar surface area (TPSA) is 77.9 Å². The van der Waals surface area contributed by atoms with Gasteiger partial charge in [0.25, 0.3) is 0 Å². The van der Waals surface area contributed by atoms with Crippen molar-refractivity contribution in [3.63, 3.8) is 0 Å². The van der Waals surface area contributed by atoms with Crippen LogP contribution in [0.4, 0.5) is 5.69 Å². The molecule has 2 aromatic carbocycles. The van der Waals surface area contributed by atoms with E-state index in [1.807, 2.05) is 49.5 Å². The number of benzene rings is 2. The van der Waals surface area contributed by atoms with E-state index < -0.39 is 0 Å². The van der Waals surface area contributed by atoms with Gasteiger partial charge < -0.3 is 14.6 Å². The van der Waals surface area contributed by atoms with Crippen LogP contribution in [0.15, 0.2) is 70.9 Å². The first-order valence-electron chi connectivity index (χ1n) is 10.3. The predicted molar refractivity (Wildman–Crippen MR) is 122 cm³/mol. The van der Waals surface area contributed by atoms with E-state index in [4.69, 9.17) is 4.74 Å². The summed E-state index contributed by atoms with van der Waals surface area (Å²) >= 11 is 0. The number of ether oxygens (including phenoxy) is 1. The molecule has 31 heavy (non-hydrogen) atoms. The van der Waals surface area contributed by atoms with Crippen LogP contribution in [-0.2, 0) is 6.54 Å². The number of aryl methyl sites for hydroxylation is 1. The molecule has 0 atom stereocenters. The number of anilines is 1. The van der Waals surface area contributed by atoms with E-state index in [1.165, 1.54) is 6.20 Å². The Morgan fingerprint density at radius 1 is 1.19 bits per heavy atom. The van der Waals surface area contributed by atoms with Crippen molar-refractivity contribution in [3.05, 3.63) is 66.2 Å². The van der Waals surface area contributed by atoms with Gasteiger partial charge in [0.05, 0.1) is 35.8 Å². The highest BCUT2D eigenvalue weighted by Crippen LogP contribution is 2.35. The van der Waals surface area contributed by atoms with Crippen LogP contribution in [0.5, 0.6) is 5.75 Å². The van der Waals surface area contributed by atoms with Crippen LogP contribution in [-0.4, -0.2) is 29.8 Å². The van der Waals surface area contributed by atoms with Crippen LogP contribution in [0.1, 0.15) is 18.9 Å². The van der Waals surface area contributed by atoms with Crippen molar-refractivity contribution in [2.45, 2.75) is 19.9 Å². The number of fused-ring (bicyclic) bond motifs is 1. The Balaban J connectivity index is 1.59. The molecular weight excluding hydrogens is 388 g/mol. The molecule has 0 amide bonds. The van der Waals surface area contributed by atoms with E-state index in [9.17, 15) is 5.26 Å². The summed E-state index contributed by atoms with van der Waals surface area (Å²) in [4.78, 5) is 0. The Kier molecular flexibility index (Phi) is 6.02. The van der Waals surface area contributed by atoms with Gasteiger partial charge in [-0.1, -0.05) is 23.1 Å². The highest BCUT2D eigenvalue weighted by atomic mass is 16.5. The summed E-state index contributed by atoms with van der Waals surface area (Å²) in [5.74, 6) is 0.789. The van der Waals surface area contributed by atoms with E-state index in [2.05, 4.69) is 38.9 Å². The molecule has 1 aromatic heterocycles. The van der Waals surface area contributed by atoms with Gasteiger partial charge >= 0.3 is 0 Å². The van der Waals surface area contributed by atoms with Gasteiger partial charge in [-0.2, -0.15) is 5.26 Å². The molecule has 0 saturated heterocycles. The van der Waals surface area contributed by atoms with Gasteiger partial charge in [0.1, 0.15) is 11.8 Å². The normalized spacial score (nSPS) is 12.4. The number of nitrogens with one attached hydrogen (secondary N) is 1. The smallest absolute Gasteiger partial charge is 0.121 e. The maximum atomic E-state index is 9.92. The molecule has 0 unspecified atom stereocenters. The molecule has 0 spiro atoms. The van der Waals surface area contributed by atoms with Crippen molar-refractivity contribution >= 4 is 16.6 Å². The monoisotopic (exact) mass is 412 g/mol. The second-order valence-corrected chi connectivity index (χ2v) is 7.08. The fraction of sp³-hybridized carbons (Fsp3) is 0.250. The van der Waals surface area contributed by atoms with Crippen LogP contribution < -0.4 is 10.1 Å². The van der Waals surface area contributed by atoms with Gasteiger partial charge in [-0.05, 0) is 36.8 Å². The highest BCUT2D eigenvalue weighted by molar-refractivity contribution is 5.95. The maximum Gasteiger partial charge on any atom is 0.121 e. The van der Waals surface area contributed by atoms with Crippen molar-refractivity contribution < 1.29 is 4.74 Å². The second-order valence-electron chi connectivity index (χ2n) is 7.08. The molecule has 1 N–H and O–H groups in total. The minimum absolute atomic E-state index is 0.561. The molecule has 7 nitrogen and oxygen atoms in total. The Hall–Kier alpha value is -4.01. The number of hydrogen-bond donors (Lipinski definition) is 1. The van der Waals surface area contributed by atoms with Gasteiger partial charge in [-0.3, -0.25) is 0 Å². The van der Waals surface area contributed by atoms with Crippen LogP contribution in [0.3, 0.4) is 0 Å². The SMILES string of the molecule is CCn1c(-c2ccc(NC)cc2)c(C#N)c2ccc(OCCCN3C=C=CN=N3)cc21. The molecule has 0 saturated carbocycles. The summed E-state index contributed by atoms with van der Waals surface area (Å²) in [6.07, 6.45) is 4.10. The van der Waals surface area contributed by atoms with Crippen molar-refractivity contribution in [2.75, 3.05) is 25.5 Å². The third-order valence-corrected chi connectivity index (χ3v) is 5.23. The van der Waals surface area contributed by atoms with E-state index in [-0.39, 0.29) is 0 Å². The quantitative estimate of drug-likeness (QED) is 0.401. The Labute approximate surface area is 181 Å². The van der Waals surface area contributed by atoms with Crippen LogP contribution >= 0.6 is 0 Å². The number of aromatic nitrogens is 1. The summed E-state index contributed by atoms with van der Waals surface area (Å²) < 4.78 is 8.16. The largest absolute Gasteiger partial charge is 0.493 e. The Morgan fingerprint density at radius 3 is 2.71 bits per heavy atom. The fourth-order valence-electron chi connectivity index (χ4n) is 3.75. The number of nitriles is 1. The Bertz CT molecular complexity index is 1210. The first kappa shape index (κ1) is 20.3. The molecule has 7 heteroatoms. The molecule has 0 fully saturated rings. The van der Waals surface area contributed by atoms with E-state index in [1.54, 1.807) is 11.2 Å².